The highest BCUT2D eigenvalue weighted by Crippen LogP contribution is 2.33. The van der Waals surface area contributed by atoms with E-state index in [2.05, 4.69) is 40.0 Å². The van der Waals surface area contributed by atoms with Gasteiger partial charge in [-0.15, -0.1) is 0 Å². The molecule has 0 saturated carbocycles. The molecule has 5 nitrogen and oxygen atoms in total. The molecular formula is C23H23ClN4OS2. The van der Waals surface area contributed by atoms with Gasteiger partial charge in [0.25, 0.3) is 0 Å². The van der Waals surface area contributed by atoms with E-state index in [1.54, 1.807) is 24.2 Å². The number of amides is 1. The Kier molecular flexibility index (Phi) is 7.37. The lowest BCUT2D eigenvalue weighted by molar-refractivity contribution is -0.128. The van der Waals surface area contributed by atoms with Gasteiger partial charge in [0, 0.05) is 54.2 Å². The van der Waals surface area contributed by atoms with Crippen molar-refractivity contribution in [2.24, 2.45) is 0 Å². The maximum atomic E-state index is 12.8. The van der Waals surface area contributed by atoms with Crippen LogP contribution >= 0.6 is 35.1 Å². The molecule has 1 aromatic heterocycles. The quantitative estimate of drug-likeness (QED) is 0.471. The molecule has 1 amide bonds. The van der Waals surface area contributed by atoms with Crippen LogP contribution in [0.3, 0.4) is 0 Å². The van der Waals surface area contributed by atoms with Crippen molar-refractivity contribution in [3.63, 3.8) is 0 Å². The summed E-state index contributed by atoms with van der Waals surface area (Å²) in [6.07, 6.45) is 3.37. The lowest BCUT2D eigenvalue weighted by atomic mass is 10.2. The molecule has 0 unspecified atom stereocenters. The minimum absolute atomic E-state index is 0.137. The normalized spacial score (nSPS) is 14.0. The standard InChI is InChI=1S/C23H23ClN4OS2/c1-17-3-2-4-20(15-17)31-23-22(25-9-10-26-23)30-16-21(29)28-13-11-27(12-14-28)19-7-5-18(24)6-8-19/h2-10,15H,11-14,16H2,1H3. The number of anilines is 1. The van der Waals surface area contributed by atoms with Gasteiger partial charge in [0.2, 0.25) is 5.91 Å². The molecule has 1 aliphatic rings. The van der Waals surface area contributed by atoms with Gasteiger partial charge in [-0.2, -0.15) is 0 Å². The van der Waals surface area contributed by atoms with Gasteiger partial charge in [-0.3, -0.25) is 4.79 Å². The molecule has 160 valence electrons. The van der Waals surface area contributed by atoms with Crippen LogP contribution in [0, 0.1) is 6.92 Å². The van der Waals surface area contributed by atoms with Gasteiger partial charge >= 0.3 is 0 Å². The van der Waals surface area contributed by atoms with Crippen molar-refractivity contribution in [3.8, 4) is 0 Å². The van der Waals surface area contributed by atoms with Crippen molar-refractivity contribution in [2.75, 3.05) is 36.8 Å². The summed E-state index contributed by atoms with van der Waals surface area (Å²) in [6, 6.07) is 16.1. The van der Waals surface area contributed by atoms with Crippen molar-refractivity contribution in [3.05, 3.63) is 71.5 Å². The zero-order valence-corrected chi connectivity index (χ0v) is 19.6. The second-order valence-corrected chi connectivity index (χ2v) is 9.68. The van der Waals surface area contributed by atoms with Crippen molar-refractivity contribution in [1.82, 2.24) is 14.9 Å². The van der Waals surface area contributed by atoms with Crippen molar-refractivity contribution in [2.45, 2.75) is 21.9 Å². The summed E-state index contributed by atoms with van der Waals surface area (Å²) in [6.45, 7) is 5.14. The fraction of sp³-hybridized carbons (Fsp3) is 0.261. The Morgan fingerprint density at radius 1 is 1.00 bits per heavy atom. The summed E-state index contributed by atoms with van der Waals surface area (Å²) in [5.74, 6) is 0.499. The third kappa shape index (κ3) is 5.93. The van der Waals surface area contributed by atoms with Gasteiger partial charge in [-0.05, 0) is 43.3 Å². The summed E-state index contributed by atoms with van der Waals surface area (Å²) in [7, 11) is 0. The third-order valence-electron chi connectivity index (χ3n) is 4.99. The summed E-state index contributed by atoms with van der Waals surface area (Å²) in [4.78, 5) is 27.1. The number of aromatic nitrogens is 2. The first-order valence-electron chi connectivity index (χ1n) is 10.0. The number of aryl methyl sites for hydroxylation is 1. The molecule has 0 spiro atoms. The van der Waals surface area contributed by atoms with E-state index in [0.29, 0.717) is 18.8 Å². The summed E-state index contributed by atoms with van der Waals surface area (Å²) in [5, 5.41) is 2.36. The average molecular weight is 471 g/mol. The molecular weight excluding hydrogens is 448 g/mol. The smallest absolute Gasteiger partial charge is 0.233 e. The third-order valence-corrected chi connectivity index (χ3v) is 7.32. The van der Waals surface area contributed by atoms with Gasteiger partial charge in [0.05, 0.1) is 5.75 Å². The van der Waals surface area contributed by atoms with E-state index in [1.807, 2.05) is 35.2 Å². The van der Waals surface area contributed by atoms with Crippen LogP contribution < -0.4 is 4.90 Å². The van der Waals surface area contributed by atoms with Crippen LogP contribution in [0.15, 0.2) is 75.9 Å². The van der Waals surface area contributed by atoms with Gasteiger partial charge in [0.15, 0.2) is 0 Å². The number of rotatable bonds is 6. The van der Waals surface area contributed by atoms with E-state index < -0.39 is 0 Å². The molecule has 8 heteroatoms. The van der Waals surface area contributed by atoms with E-state index in [4.69, 9.17) is 11.6 Å². The molecule has 1 fully saturated rings. The topological polar surface area (TPSA) is 49.3 Å². The summed E-state index contributed by atoms with van der Waals surface area (Å²) < 4.78 is 0. The van der Waals surface area contributed by atoms with Gasteiger partial charge in [-0.1, -0.05) is 52.8 Å². The Morgan fingerprint density at radius 3 is 2.42 bits per heavy atom. The molecule has 1 aliphatic heterocycles. The highest BCUT2D eigenvalue weighted by Gasteiger charge is 2.22. The van der Waals surface area contributed by atoms with Crippen LogP contribution in [0.2, 0.25) is 5.02 Å². The number of carbonyl (C=O) groups excluding carboxylic acids is 1. The fourth-order valence-corrected chi connectivity index (χ4v) is 5.41. The van der Waals surface area contributed by atoms with Crippen LogP contribution in [-0.4, -0.2) is 52.7 Å². The van der Waals surface area contributed by atoms with Crippen molar-refractivity contribution in [1.29, 1.82) is 0 Å². The Morgan fingerprint density at radius 2 is 1.71 bits per heavy atom. The van der Waals surface area contributed by atoms with Crippen LogP contribution in [0.1, 0.15) is 5.56 Å². The first-order chi connectivity index (χ1) is 15.1. The lowest BCUT2D eigenvalue weighted by Crippen LogP contribution is -2.49. The fourth-order valence-electron chi connectivity index (χ4n) is 3.36. The highest BCUT2D eigenvalue weighted by molar-refractivity contribution is 8.02. The van der Waals surface area contributed by atoms with E-state index in [-0.39, 0.29) is 5.91 Å². The molecule has 0 radical (unpaired) electrons. The molecule has 31 heavy (non-hydrogen) atoms. The Labute approximate surface area is 196 Å². The molecule has 0 atom stereocenters. The van der Waals surface area contributed by atoms with Crippen LogP contribution in [-0.2, 0) is 4.79 Å². The first kappa shape index (κ1) is 22.0. The molecule has 4 rings (SSSR count). The van der Waals surface area contributed by atoms with Gasteiger partial charge in [0.1, 0.15) is 10.1 Å². The van der Waals surface area contributed by atoms with Crippen LogP contribution in [0.25, 0.3) is 0 Å². The highest BCUT2D eigenvalue weighted by atomic mass is 35.5. The number of hydrogen-bond donors (Lipinski definition) is 0. The van der Waals surface area contributed by atoms with Gasteiger partial charge in [-0.25, -0.2) is 9.97 Å². The predicted octanol–water partition coefficient (Wildman–Crippen LogP) is 5.03. The summed E-state index contributed by atoms with van der Waals surface area (Å²) in [5.41, 5.74) is 2.35. The van der Waals surface area contributed by atoms with Crippen LogP contribution in [0.5, 0.6) is 0 Å². The summed E-state index contributed by atoms with van der Waals surface area (Å²) >= 11 is 9.02. The molecule has 2 heterocycles. The minimum atomic E-state index is 0.137. The first-order valence-corrected chi connectivity index (χ1v) is 12.2. The molecule has 2 aromatic carbocycles. The maximum Gasteiger partial charge on any atom is 0.233 e. The monoisotopic (exact) mass is 470 g/mol. The van der Waals surface area contributed by atoms with E-state index in [0.717, 1.165) is 38.7 Å². The SMILES string of the molecule is Cc1cccc(Sc2nccnc2SCC(=O)N2CCN(c3ccc(Cl)cc3)CC2)c1. The second-order valence-electron chi connectivity index (χ2n) is 7.22. The van der Waals surface area contributed by atoms with E-state index >= 15 is 0 Å². The van der Waals surface area contributed by atoms with Gasteiger partial charge < -0.3 is 9.80 Å². The molecule has 0 aliphatic carbocycles. The number of thioether (sulfide) groups is 1. The number of hydrogen-bond acceptors (Lipinski definition) is 6. The Hall–Kier alpha value is -2.22. The number of nitrogens with zero attached hydrogens (tertiary/aromatic N) is 4. The second kappa shape index (κ2) is 10.4. The predicted molar refractivity (Wildman–Crippen MR) is 128 cm³/mol. The molecule has 0 bridgehead atoms. The minimum Gasteiger partial charge on any atom is -0.368 e. The zero-order chi connectivity index (χ0) is 21.6. The number of carbonyl (C=O) groups is 1. The van der Waals surface area contributed by atoms with Crippen LogP contribution in [0.4, 0.5) is 5.69 Å². The lowest BCUT2D eigenvalue weighted by Gasteiger charge is -2.36. The number of benzene rings is 2. The Balaban J connectivity index is 1.32. The van der Waals surface area contributed by atoms with E-state index in [1.165, 1.54) is 17.3 Å². The molecule has 0 N–H and O–H groups in total. The largest absolute Gasteiger partial charge is 0.368 e. The maximum absolute atomic E-state index is 12.8. The number of halogens is 1. The van der Waals surface area contributed by atoms with E-state index in [9.17, 15) is 4.79 Å². The zero-order valence-electron chi connectivity index (χ0n) is 17.2. The van der Waals surface area contributed by atoms with Crippen molar-refractivity contribution >= 4 is 46.7 Å². The number of piperazine rings is 1. The molecule has 3 aromatic rings. The molecule has 1 saturated heterocycles. The average Bonchev–Trinajstić information content (AvgIpc) is 2.79. The Bertz CT molecular complexity index is 1040. The van der Waals surface area contributed by atoms with Crippen molar-refractivity contribution < 1.29 is 4.79 Å².